The minimum atomic E-state index is -0.552. The standard InChI is InChI=1S/C5H4BrFN2/c6-4-2-8-3-9-5(4)1-7/h2-3H,1H2. The van der Waals surface area contributed by atoms with E-state index >= 15 is 0 Å². The molecule has 0 N–H and O–H groups in total. The van der Waals surface area contributed by atoms with Crippen LogP contribution in [0.2, 0.25) is 0 Å². The minimum Gasteiger partial charge on any atom is -0.244 e. The number of halogens is 2. The first-order chi connectivity index (χ1) is 4.34. The first kappa shape index (κ1) is 6.61. The fraction of sp³-hybridized carbons (Fsp3) is 0.200. The van der Waals surface area contributed by atoms with Crippen LogP contribution in [0.3, 0.4) is 0 Å². The van der Waals surface area contributed by atoms with Gasteiger partial charge in [0.25, 0.3) is 0 Å². The molecule has 0 atom stereocenters. The third kappa shape index (κ3) is 1.45. The van der Waals surface area contributed by atoms with Crippen LogP contribution in [0.15, 0.2) is 17.0 Å². The smallest absolute Gasteiger partial charge is 0.133 e. The zero-order chi connectivity index (χ0) is 6.69. The van der Waals surface area contributed by atoms with Crippen molar-refractivity contribution in [2.24, 2.45) is 0 Å². The summed E-state index contributed by atoms with van der Waals surface area (Å²) in [5, 5.41) is 0. The summed E-state index contributed by atoms with van der Waals surface area (Å²) in [4.78, 5) is 7.33. The van der Waals surface area contributed by atoms with Gasteiger partial charge in [0.15, 0.2) is 0 Å². The van der Waals surface area contributed by atoms with E-state index in [1.165, 1.54) is 12.5 Å². The number of alkyl halides is 1. The normalized spacial score (nSPS) is 9.56. The van der Waals surface area contributed by atoms with Crippen molar-refractivity contribution >= 4 is 15.9 Å². The molecule has 1 rings (SSSR count). The number of nitrogens with zero attached hydrogens (tertiary/aromatic N) is 2. The maximum atomic E-state index is 11.9. The Hall–Kier alpha value is -0.510. The average Bonchev–Trinajstić information content (AvgIpc) is 1.89. The van der Waals surface area contributed by atoms with Gasteiger partial charge in [-0.25, -0.2) is 14.4 Å². The fourth-order valence-electron chi connectivity index (χ4n) is 0.436. The summed E-state index contributed by atoms with van der Waals surface area (Å²) in [5.41, 5.74) is 0.394. The molecule has 0 radical (unpaired) electrons. The Morgan fingerprint density at radius 1 is 1.67 bits per heavy atom. The second-order valence-corrected chi connectivity index (χ2v) is 2.31. The van der Waals surface area contributed by atoms with Gasteiger partial charge in [0.1, 0.15) is 13.0 Å². The molecule has 0 aromatic carbocycles. The SMILES string of the molecule is FCc1ncncc1Br. The molecule has 0 aliphatic rings. The molecule has 0 amide bonds. The molecule has 0 aliphatic carbocycles. The number of hydrogen-bond donors (Lipinski definition) is 0. The molecule has 0 unspecified atom stereocenters. The van der Waals surface area contributed by atoms with Crippen LogP contribution in [0.5, 0.6) is 0 Å². The molecule has 0 spiro atoms. The van der Waals surface area contributed by atoms with Crippen molar-refractivity contribution in [3.8, 4) is 0 Å². The van der Waals surface area contributed by atoms with Gasteiger partial charge in [-0.2, -0.15) is 0 Å². The Bertz CT molecular complexity index is 204. The van der Waals surface area contributed by atoms with Crippen molar-refractivity contribution in [2.75, 3.05) is 0 Å². The lowest BCUT2D eigenvalue weighted by atomic mass is 10.4. The van der Waals surface area contributed by atoms with E-state index in [2.05, 4.69) is 25.9 Å². The lowest BCUT2D eigenvalue weighted by Gasteiger charge is -1.92. The first-order valence-electron chi connectivity index (χ1n) is 2.35. The highest BCUT2D eigenvalue weighted by atomic mass is 79.9. The molecular formula is C5H4BrFN2. The summed E-state index contributed by atoms with van der Waals surface area (Å²) in [7, 11) is 0. The quantitative estimate of drug-likeness (QED) is 0.675. The zero-order valence-electron chi connectivity index (χ0n) is 4.51. The molecular weight excluding hydrogens is 187 g/mol. The molecule has 2 nitrogen and oxygen atoms in total. The van der Waals surface area contributed by atoms with E-state index in [1.54, 1.807) is 0 Å². The molecule has 9 heavy (non-hydrogen) atoms. The molecule has 0 saturated heterocycles. The molecule has 4 heteroatoms. The Morgan fingerprint density at radius 3 is 2.89 bits per heavy atom. The van der Waals surface area contributed by atoms with Gasteiger partial charge < -0.3 is 0 Å². The highest BCUT2D eigenvalue weighted by Gasteiger charge is 1.96. The van der Waals surface area contributed by atoms with Gasteiger partial charge >= 0.3 is 0 Å². The van der Waals surface area contributed by atoms with Crippen molar-refractivity contribution in [1.29, 1.82) is 0 Å². The molecule has 0 fully saturated rings. The van der Waals surface area contributed by atoms with Crippen LogP contribution in [0.25, 0.3) is 0 Å². The summed E-state index contributed by atoms with van der Waals surface area (Å²) in [6.45, 7) is -0.552. The van der Waals surface area contributed by atoms with Gasteiger partial charge in [-0.1, -0.05) is 0 Å². The second kappa shape index (κ2) is 2.87. The molecule has 0 bridgehead atoms. The van der Waals surface area contributed by atoms with Crippen LogP contribution in [0.1, 0.15) is 5.69 Å². The van der Waals surface area contributed by atoms with Crippen molar-refractivity contribution in [2.45, 2.75) is 6.67 Å². The second-order valence-electron chi connectivity index (χ2n) is 1.45. The van der Waals surface area contributed by atoms with E-state index in [0.717, 1.165) is 0 Å². The minimum absolute atomic E-state index is 0.394. The monoisotopic (exact) mass is 190 g/mol. The van der Waals surface area contributed by atoms with E-state index < -0.39 is 6.67 Å². The zero-order valence-corrected chi connectivity index (χ0v) is 6.10. The van der Waals surface area contributed by atoms with Crippen LogP contribution < -0.4 is 0 Å². The van der Waals surface area contributed by atoms with Crippen LogP contribution in [0, 0.1) is 0 Å². The highest BCUT2D eigenvalue weighted by molar-refractivity contribution is 9.10. The Kier molecular flexibility index (Phi) is 2.10. The third-order valence-corrected chi connectivity index (χ3v) is 1.53. The summed E-state index contributed by atoms with van der Waals surface area (Å²) in [5.74, 6) is 0. The average molecular weight is 191 g/mol. The van der Waals surface area contributed by atoms with Crippen LogP contribution in [-0.4, -0.2) is 9.97 Å². The first-order valence-corrected chi connectivity index (χ1v) is 3.14. The largest absolute Gasteiger partial charge is 0.244 e. The maximum absolute atomic E-state index is 11.9. The topological polar surface area (TPSA) is 25.8 Å². The van der Waals surface area contributed by atoms with Gasteiger partial charge in [0.05, 0.1) is 10.2 Å². The lowest BCUT2D eigenvalue weighted by molar-refractivity contribution is 0.473. The molecule has 1 aromatic heterocycles. The Morgan fingerprint density at radius 2 is 2.44 bits per heavy atom. The predicted octanol–water partition coefficient (Wildman–Crippen LogP) is 1.71. The summed E-state index contributed by atoms with van der Waals surface area (Å²) in [6.07, 6.45) is 2.83. The van der Waals surface area contributed by atoms with Gasteiger partial charge in [-0.3, -0.25) is 0 Å². The van der Waals surface area contributed by atoms with E-state index in [0.29, 0.717) is 10.2 Å². The molecule has 0 aliphatic heterocycles. The van der Waals surface area contributed by atoms with Crippen molar-refractivity contribution < 1.29 is 4.39 Å². The van der Waals surface area contributed by atoms with Crippen molar-refractivity contribution in [1.82, 2.24) is 9.97 Å². The van der Waals surface area contributed by atoms with E-state index in [4.69, 9.17) is 0 Å². The lowest BCUT2D eigenvalue weighted by Crippen LogP contribution is -1.87. The Balaban J connectivity index is 3.01. The fourth-order valence-corrected chi connectivity index (χ4v) is 0.763. The highest BCUT2D eigenvalue weighted by Crippen LogP contribution is 2.11. The van der Waals surface area contributed by atoms with Crippen molar-refractivity contribution in [3.63, 3.8) is 0 Å². The number of rotatable bonds is 1. The van der Waals surface area contributed by atoms with Crippen molar-refractivity contribution in [3.05, 3.63) is 22.7 Å². The third-order valence-electron chi connectivity index (χ3n) is 0.870. The van der Waals surface area contributed by atoms with Gasteiger partial charge in [-0.05, 0) is 15.9 Å². The van der Waals surface area contributed by atoms with Crippen LogP contribution in [0.4, 0.5) is 4.39 Å². The maximum Gasteiger partial charge on any atom is 0.133 e. The van der Waals surface area contributed by atoms with Crippen LogP contribution >= 0.6 is 15.9 Å². The summed E-state index contributed by atoms with van der Waals surface area (Å²) in [6, 6.07) is 0. The number of hydrogen-bond acceptors (Lipinski definition) is 2. The van der Waals surface area contributed by atoms with Gasteiger partial charge in [0, 0.05) is 6.20 Å². The van der Waals surface area contributed by atoms with Gasteiger partial charge in [0.2, 0.25) is 0 Å². The number of aromatic nitrogens is 2. The molecule has 0 saturated carbocycles. The van der Waals surface area contributed by atoms with Gasteiger partial charge in [-0.15, -0.1) is 0 Å². The van der Waals surface area contributed by atoms with E-state index in [1.807, 2.05) is 0 Å². The Labute approximate surface area is 60.3 Å². The molecule has 1 heterocycles. The summed E-state index contributed by atoms with van der Waals surface area (Å²) < 4.78 is 12.5. The molecule has 48 valence electrons. The predicted molar refractivity (Wildman–Crippen MR) is 34.5 cm³/mol. The van der Waals surface area contributed by atoms with E-state index in [9.17, 15) is 4.39 Å². The molecule has 1 aromatic rings. The summed E-state index contributed by atoms with van der Waals surface area (Å²) >= 11 is 3.09. The van der Waals surface area contributed by atoms with Crippen LogP contribution in [-0.2, 0) is 6.67 Å². The van der Waals surface area contributed by atoms with E-state index in [-0.39, 0.29) is 0 Å².